The van der Waals surface area contributed by atoms with E-state index >= 15 is 0 Å². The SMILES string of the molecule is Cc1nc(N)sc1C(=O)NCC(C)C(C)C. The number of nitrogens with zero attached hydrogens (tertiary/aromatic N) is 1. The zero-order valence-electron chi connectivity index (χ0n) is 10.2. The van der Waals surface area contributed by atoms with Crippen molar-refractivity contribution in [2.75, 3.05) is 12.3 Å². The van der Waals surface area contributed by atoms with Gasteiger partial charge in [0.25, 0.3) is 5.91 Å². The summed E-state index contributed by atoms with van der Waals surface area (Å²) in [6, 6.07) is 0. The lowest BCUT2D eigenvalue weighted by Crippen LogP contribution is -2.30. The molecule has 0 spiro atoms. The largest absolute Gasteiger partial charge is 0.375 e. The third kappa shape index (κ3) is 3.20. The summed E-state index contributed by atoms with van der Waals surface area (Å²) >= 11 is 1.24. The van der Waals surface area contributed by atoms with Gasteiger partial charge in [0.15, 0.2) is 5.13 Å². The predicted molar refractivity (Wildman–Crippen MR) is 67.6 cm³/mol. The highest BCUT2D eigenvalue weighted by molar-refractivity contribution is 7.17. The lowest BCUT2D eigenvalue weighted by atomic mass is 9.98. The van der Waals surface area contributed by atoms with E-state index in [1.807, 2.05) is 0 Å². The Hall–Kier alpha value is -1.10. The van der Waals surface area contributed by atoms with Gasteiger partial charge in [-0.3, -0.25) is 4.79 Å². The van der Waals surface area contributed by atoms with Crippen LogP contribution in [-0.4, -0.2) is 17.4 Å². The zero-order valence-corrected chi connectivity index (χ0v) is 11.0. The fraction of sp³-hybridized carbons (Fsp3) is 0.636. The Morgan fingerprint density at radius 1 is 1.50 bits per heavy atom. The third-order valence-corrected chi connectivity index (χ3v) is 3.73. The molecule has 1 aromatic heterocycles. The summed E-state index contributed by atoms with van der Waals surface area (Å²) in [6.07, 6.45) is 0. The van der Waals surface area contributed by atoms with Crippen molar-refractivity contribution in [3.8, 4) is 0 Å². The highest BCUT2D eigenvalue weighted by Crippen LogP contribution is 2.19. The highest BCUT2D eigenvalue weighted by Gasteiger charge is 2.15. The number of nitrogen functional groups attached to an aromatic ring is 1. The molecule has 0 fully saturated rings. The van der Waals surface area contributed by atoms with E-state index in [2.05, 4.69) is 31.1 Å². The first-order valence-corrected chi connectivity index (χ1v) is 6.24. The molecule has 0 saturated heterocycles. The van der Waals surface area contributed by atoms with Gasteiger partial charge in [-0.15, -0.1) is 0 Å². The number of nitrogens with one attached hydrogen (secondary N) is 1. The fourth-order valence-electron chi connectivity index (χ4n) is 1.20. The van der Waals surface area contributed by atoms with Crippen LogP contribution >= 0.6 is 11.3 Å². The molecule has 4 nitrogen and oxygen atoms in total. The molecule has 90 valence electrons. The number of hydrogen-bond acceptors (Lipinski definition) is 4. The van der Waals surface area contributed by atoms with Crippen LogP contribution in [0, 0.1) is 18.8 Å². The standard InChI is InChI=1S/C11H19N3OS/c1-6(2)7(3)5-13-10(15)9-8(4)14-11(12)16-9/h6-7H,5H2,1-4H3,(H2,12,14)(H,13,15). The molecule has 16 heavy (non-hydrogen) atoms. The van der Waals surface area contributed by atoms with Crippen molar-refractivity contribution >= 4 is 22.4 Å². The van der Waals surface area contributed by atoms with Crippen molar-refractivity contribution < 1.29 is 4.79 Å². The minimum absolute atomic E-state index is 0.0702. The second-order valence-electron chi connectivity index (χ2n) is 4.40. The zero-order chi connectivity index (χ0) is 12.3. The van der Waals surface area contributed by atoms with E-state index in [4.69, 9.17) is 5.73 Å². The van der Waals surface area contributed by atoms with Crippen molar-refractivity contribution in [1.29, 1.82) is 0 Å². The van der Waals surface area contributed by atoms with E-state index in [1.54, 1.807) is 6.92 Å². The molecule has 1 unspecified atom stereocenters. The quantitative estimate of drug-likeness (QED) is 0.847. The molecule has 0 aliphatic rings. The summed E-state index contributed by atoms with van der Waals surface area (Å²) in [5, 5.41) is 3.35. The minimum atomic E-state index is -0.0702. The first kappa shape index (κ1) is 13.0. The number of aromatic nitrogens is 1. The maximum atomic E-state index is 11.8. The van der Waals surface area contributed by atoms with Crippen LogP contribution in [0.5, 0.6) is 0 Å². The number of aryl methyl sites for hydroxylation is 1. The average molecular weight is 241 g/mol. The van der Waals surface area contributed by atoms with Crippen LogP contribution in [-0.2, 0) is 0 Å². The van der Waals surface area contributed by atoms with E-state index < -0.39 is 0 Å². The number of carbonyl (C=O) groups excluding carboxylic acids is 1. The molecule has 0 aliphatic heterocycles. The number of rotatable bonds is 4. The number of carbonyl (C=O) groups is 1. The van der Waals surface area contributed by atoms with Gasteiger partial charge in [0.2, 0.25) is 0 Å². The number of anilines is 1. The van der Waals surface area contributed by atoms with E-state index in [0.717, 1.165) is 0 Å². The van der Waals surface area contributed by atoms with Crippen molar-refractivity contribution in [2.45, 2.75) is 27.7 Å². The van der Waals surface area contributed by atoms with Crippen LogP contribution in [0.1, 0.15) is 36.1 Å². The van der Waals surface area contributed by atoms with Gasteiger partial charge in [-0.05, 0) is 18.8 Å². The number of thiazole rings is 1. The Morgan fingerprint density at radius 2 is 2.12 bits per heavy atom. The molecule has 1 atom stereocenters. The Bertz CT molecular complexity index is 373. The lowest BCUT2D eigenvalue weighted by Gasteiger charge is -2.15. The van der Waals surface area contributed by atoms with Gasteiger partial charge in [0, 0.05) is 6.54 Å². The molecule has 0 aliphatic carbocycles. The monoisotopic (exact) mass is 241 g/mol. The van der Waals surface area contributed by atoms with Crippen LogP contribution in [0.3, 0.4) is 0 Å². The lowest BCUT2D eigenvalue weighted by molar-refractivity contribution is 0.0948. The summed E-state index contributed by atoms with van der Waals surface area (Å²) < 4.78 is 0. The van der Waals surface area contributed by atoms with E-state index in [-0.39, 0.29) is 5.91 Å². The third-order valence-electron chi connectivity index (χ3n) is 2.74. The van der Waals surface area contributed by atoms with Gasteiger partial charge in [-0.25, -0.2) is 4.98 Å². The molecule has 1 heterocycles. The summed E-state index contributed by atoms with van der Waals surface area (Å²) in [5.41, 5.74) is 6.25. The molecule has 1 aromatic rings. The Kier molecular flexibility index (Phi) is 4.29. The molecular weight excluding hydrogens is 222 g/mol. The van der Waals surface area contributed by atoms with Crippen LogP contribution in [0.4, 0.5) is 5.13 Å². The van der Waals surface area contributed by atoms with Crippen LogP contribution in [0.25, 0.3) is 0 Å². The van der Waals surface area contributed by atoms with Gasteiger partial charge in [0.1, 0.15) is 4.88 Å². The molecular formula is C11H19N3OS. The van der Waals surface area contributed by atoms with E-state index in [0.29, 0.717) is 34.1 Å². The second kappa shape index (κ2) is 5.30. The van der Waals surface area contributed by atoms with Crippen molar-refractivity contribution in [3.05, 3.63) is 10.6 Å². The number of amides is 1. The van der Waals surface area contributed by atoms with E-state index in [1.165, 1.54) is 11.3 Å². The van der Waals surface area contributed by atoms with Crippen LogP contribution < -0.4 is 11.1 Å². The first-order valence-electron chi connectivity index (χ1n) is 5.43. The maximum Gasteiger partial charge on any atom is 0.263 e. The second-order valence-corrected chi connectivity index (χ2v) is 5.43. The van der Waals surface area contributed by atoms with Crippen LogP contribution in [0.2, 0.25) is 0 Å². The molecule has 0 saturated carbocycles. The number of nitrogens with two attached hydrogens (primary N) is 1. The normalized spacial score (nSPS) is 12.8. The Balaban J connectivity index is 2.56. The van der Waals surface area contributed by atoms with Crippen LogP contribution in [0.15, 0.2) is 0 Å². The van der Waals surface area contributed by atoms with Gasteiger partial charge >= 0.3 is 0 Å². The van der Waals surface area contributed by atoms with Crippen molar-refractivity contribution in [3.63, 3.8) is 0 Å². The summed E-state index contributed by atoms with van der Waals surface area (Å²) in [5.74, 6) is 0.960. The maximum absolute atomic E-state index is 11.8. The minimum Gasteiger partial charge on any atom is -0.375 e. The molecule has 5 heteroatoms. The van der Waals surface area contributed by atoms with Crippen molar-refractivity contribution in [1.82, 2.24) is 10.3 Å². The number of hydrogen-bond donors (Lipinski definition) is 2. The van der Waals surface area contributed by atoms with Gasteiger partial charge in [-0.2, -0.15) is 0 Å². The van der Waals surface area contributed by atoms with E-state index in [9.17, 15) is 4.79 Å². The molecule has 0 aromatic carbocycles. The topological polar surface area (TPSA) is 68.0 Å². The molecule has 1 amide bonds. The Labute approximate surface area is 100 Å². The van der Waals surface area contributed by atoms with Gasteiger partial charge < -0.3 is 11.1 Å². The van der Waals surface area contributed by atoms with Gasteiger partial charge in [-0.1, -0.05) is 32.1 Å². The predicted octanol–water partition coefficient (Wildman–Crippen LogP) is 2.06. The average Bonchev–Trinajstić information content (AvgIpc) is 2.53. The summed E-state index contributed by atoms with van der Waals surface area (Å²) in [6.45, 7) is 8.90. The Morgan fingerprint density at radius 3 is 2.56 bits per heavy atom. The summed E-state index contributed by atoms with van der Waals surface area (Å²) in [7, 11) is 0. The molecule has 3 N–H and O–H groups in total. The molecule has 1 rings (SSSR count). The molecule has 0 bridgehead atoms. The molecule has 0 radical (unpaired) electrons. The summed E-state index contributed by atoms with van der Waals surface area (Å²) in [4.78, 5) is 16.5. The smallest absolute Gasteiger partial charge is 0.263 e. The van der Waals surface area contributed by atoms with Crippen molar-refractivity contribution in [2.24, 2.45) is 11.8 Å². The fourth-order valence-corrected chi connectivity index (χ4v) is 1.95. The first-order chi connectivity index (χ1) is 7.41. The van der Waals surface area contributed by atoms with Gasteiger partial charge in [0.05, 0.1) is 5.69 Å². The highest BCUT2D eigenvalue weighted by atomic mass is 32.1.